The number of amides is 1. The summed E-state index contributed by atoms with van der Waals surface area (Å²) in [5.41, 5.74) is 3.93. The normalized spacial score (nSPS) is 10.5. The Morgan fingerprint density at radius 2 is 1.89 bits per heavy atom. The quantitative estimate of drug-likeness (QED) is 0.697. The molecule has 3 rings (SSSR count). The molecule has 0 fully saturated rings. The first-order chi connectivity index (χ1) is 13.1. The fourth-order valence-electron chi connectivity index (χ4n) is 2.86. The van der Waals surface area contributed by atoms with E-state index in [-0.39, 0.29) is 12.3 Å². The van der Waals surface area contributed by atoms with Crippen molar-refractivity contribution in [1.82, 2.24) is 9.78 Å². The van der Waals surface area contributed by atoms with Gasteiger partial charge in [-0.15, -0.1) is 0 Å². The van der Waals surface area contributed by atoms with Gasteiger partial charge in [-0.2, -0.15) is 5.10 Å². The summed E-state index contributed by atoms with van der Waals surface area (Å²) in [5.74, 6) is 1.13. The minimum atomic E-state index is -0.113. The van der Waals surface area contributed by atoms with Crippen molar-refractivity contribution in [3.63, 3.8) is 0 Å². The molecule has 1 N–H and O–H groups in total. The molecule has 0 radical (unpaired) electrons. The van der Waals surface area contributed by atoms with Crippen molar-refractivity contribution in [3.05, 3.63) is 71.5 Å². The predicted molar refractivity (Wildman–Crippen MR) is 104 cm³/mol. The molecule has 0 aliphatic rings. The van der Waals surface area contributed by atoms with Crippen LogP contribution in [-0.4, -0.2) is 29.9 Å². The summed E-state index contributed by atoms with van der Waals surface area (Å²) >= 11 is 0. The average molecular weight is 365 g/mol. The van der Waals surface area contributed by atoms with E-state index in [9.17, 15) is 4.79 Å². The maximum Gasteiger partial charge on any atom is 0.228 e. The highest BCUT2D eigenvalue weighted by molar-refractivity contribution is 5.92. The molecule has 0 unspecified atom stereocenters. The van der Waals surface area contributed by atoms with Crippen LogP contribution in [-0.2, 0) is 17.8 Å². The first-order valence-electron chi connectivity index (χ1n) is 8.66. The molecular weight excluding hydrogens is 342 g/mol. The second kappa shape index (κ2) is 8.40. The van der Waals surface area contributed by atoms with E-state index in [0.29, 0.717) is 23.7 Å². The van der Waals surface area contributed by atoms with Gasteiger partial charge in [-0.1, -0.05) is 30.3 Å². The van der Waals surface area contributed by atoms with Crippen molar-refractivity contribution in [2.75, 3.05) is 19.5 Å². The number of hydrogen-bond donors (Lipinski definition) is 1. The molecule has 1 heterocycles. The first-order valence-corrected chi connectivity index (χ1v) is 8.66. The van der Waals surface area contributed by atoms with E-state index < -0.39 is 0 Å². The number of methoxy groups -OCH3 is 2. The molecule has 6 heteroatoms. The number of carbonyl (C=O) groups is 1. The average Bonchev–Trinajstić information content (AvgIpc) is 3.10. The summed E-state index contributed by atoms with van der Waals surface area (Å²) in [5, 5.41) is 7.21. The number of ether oxygens (including phenoxy) is 2. The van der Waals surface area contributed by atoms with Crippen LogP contribution in [0.1, 0.15) is 16.7 Å². The Balaban J connectivity index is 1.62. The lowest BCUT2D eigenvalue weighted by molar-refractivity contribution is -0.115. The number of anilines is 1. The molecule has 1 aromatic heterocycles. The van der Waals surface area contributed by atoms with E-state index in [0.717, 1.165) is 5.56 Å². The van der Waals surface area contributed by atoms with E-state index in [4.69, 9.17) is 9.47 Å². The number of nitrogens with one attached hydrogen (secondary N) is 1. The molecule has 6 nitrogen and oxygen atoms in total. The first kappa shape index (κ1) is 18.5. The zero-order valence-electron chi connectivity index (χ0n) is 15.7. The Morgan fingerprint density at radius 3 is 2.63 bits per heavy atom. The lowest BCUT2D eigenvalue weighted by Crippen LogP contribution is -2.14. The van der Waals surface area contributed by atoms with Gasteiger partial charge in [0.05, 0.1) is 39.1 Å². The van der Waals surface area contributed by atoms with E-state index in [1.54, 1.807) is 32.5 Å². The van der Waals surface area contributed by atoms with Gasteiger partial charge in [-0.3, -0.25) is 9.48 Å². The zero-order chi connectivity index (χ0) is 19.2. The Bertz CT molecular complexity index is 934. The molecule has 0 bridgehead atoms. The third kappa shape index (κ3) is 4.67. The van der Waals surface area contributed by atoms with Crippen molar-refractivity contribution >= 4 is 11.6 Å². The smallest absolute Gasteiger partial charge is 0.228 e. The van der Waals surface area contributed by atoms with Crippen LogP contribution in [0.15, 0.2) is 54.9 Å². The summed E-state index contributed by atoms with van der Waals surface area (Å²) < 4.78 is 12.3. The highest BCUT2D eigenvalue weighted by Crippen LogP contribution is 2.27. The van der Waals surface area contributed by atoms with Gasteiger partial charge in [0.1, 0.15) is 0 Å². The second-order valence-corrected chi connectivity index (χ2v) is 6.27. The molecule has 0 aliphatic heterocycles. The lowest BCUT2D eigenvalue weighted by Gasteiger charge is -2.09. The van der Waals surface area contributed by atoms with E-state index in [2.05, 4.69) is 29.5 Å². The van der Waals surface area contributed by atoms with Crippen molar-refractivity contribution in [2.45, 2.75) is 19.9 Å². The predicted octanol–water partition coefficient (Wildman–Crippen LogP) is 3.44. The number of hydrogen-bond acceptors (Lipinski definition) is 4. The molecule has 0 spiro atoms. The maximum absolute atomic E-state index is 12.3. The number of aromatic nitrogens is 2. The van der Waals surface area contributed by atoms with E-state index in [1.807, 2.05) is 29.1 Å². The highest BCUT2D eigenvalue weighted by Gasteiger charge is 2.10. The van der Waals surface area contributed by atoms with Crippen LogP contribution in [0.3, 0.4) is 0 Å². The topological polar surface area (TPSA) is 65.4 Å². The monoisotopic (exact) mass is 365 g/mol. The van der Waals surface area contributed by atoms with Crippen LogP contribution in [0.2, 0.25) is 0 Å². The molecular formula is C21H23N3O3. The Morgan fingerprint density at radius 1 is 1.11 bits per heavy atom. The maximum atomic E-state index is 12.3. The molecule has 0 saturated heterocycles. The summed E-state index contributed by atoms with van der Waals surface area (Å²) in [6, 6.07) is 13.6. The number of aryl methyl sites for hydroxylation is 1. The second-order valence-electron chi connectivity index (χ2n) is 6.27. The Kier molecular flexibility index (Phi) is 5.76. The summed E-state index contributed by atoms with van der Waals surface area (Å²) in [6.07, 6.45) is 3.73. The van der Waals surface area contributed by atoms with Crippen LogP contribution in [0.25, 0.3) is 0 Å². The van der Waals surface area contributed by atoms with E-state index >= 15 is 0 Å². The van der Waals surface area contributed by atoms with Crippen LogP contribution in [0.5, 0.6) is 11.5 Å². The van der Waals surface area contributed by atoms with Crippen LogP contribution in [0.4, 0.5) is 5.69 Å². The third-order valence-corrected chi connectivity index (χ3v) is 4.32. The molecule has 0 saturated carbocycles. The van der Waals surface area contributed by atoms with Crippen molar-refractivity contribution < 1.29 is 14.3 Å². The van der Waals surface area contributed by atoms with Gasteiger partial charge in [0.15, 0.2) is 11.5 Å². The fourth-order valence-corrected chi connectivity index (χ4v) is 2.86. The lowest BCUT2D eigenvalue weighted by atomic mass is 10.1. The van der Waals surface area contributed by atoms with Crippen LogP contribution < -0.4 is 14.8 Å². The Labute approximate surface area is 158 Å². The van der Waals surface area contributed by atoms with Crippen LogP contribution >= 0.6 is 0 Å². The SMILES string of the molecule is COc1ccc(CC(=O)Nc2cnn(Cc3ccccc3C)c2)cc1OC. The van der Waals surface area contributed by atoms with Gasteiger partial charge in [-0.25, -0.2) is 0 Å². The molecule has 0 atom stereocenters. The largest absolute Gasteiger partial charge is 0.493 e. The van der Waals surface area contributed by atoms with Crippen molar-refractivity contribution in [1.29, 1.82) is 0 Å². The number of nitrogens with zero attached hydrogens (tertiary/aromatic N) is 2. The standard InChI is InChI=1S/C21H23N3O3/c1-15-6-4-5-7-17(15)13-24-14-18(12-22-24)23-21(25)11-16-8-9-19(26-2)20(10-16)27-3/h4-10,12,14H,11,13H2,1-3H3,(H,23,25). The fraction of sp³-hybridized carbons (Fsp3) is 0.238. The zero-order valence-corrected chi connectivity index (χ0v) is 15.7. The molecule has 140 valence electrons. The molecule has 1 amide bonds. The summed E-state index contributed by atoms with van der Waals surface area (Å²) in [7, 11) is 3.16. The van der Waals surface area contributed by atoms with Gasteiger partial charge in [0.25, 0.3) is 0 Å². The molecule has 3 aromatic rings. The van der Waals surface area contributed by atoms with Crippen molar-refractivity contribution in [3.8, 4) is 11.5 Å². The van der Waals surface area contributed by atoms with Gasteiger partial charge in [0, 0.05) is 6.20 Å². The number of benzene rings is 2. The van der Waals surface area contributed by atoms with E-state index in [1.165, 1.54) is 11.1 Å². The molecule has 27 heavy (non-hydrogen) atoms. The molecule has 2 aromatic carbocycles. The van der Waals surface area contributed by atoms with Gasteiger partial charge < -0.3 is 14.8 Å². The minimum Gasteiger partial charge on any atom is -0.493 e. The summed E-state index contributed by atoms with van der Waals surface area (Å²) in [4.78, 5) is 12.3. The minimum absolute atomic E-state index is 0.113. The highest BCUT2D eigenvalue weighted by atomic mass is 16.5. The van der Waals surface area contributed by atoms with Gasteiger partial charge in [-0.05, 0) is 35.7 Å². The van der Waals surface area contributed by atoms with Gasteiger partial charge >= 0.3 is 0 Å². The Hall–Kier alpha value is -3.28. The number of rotatable bonds is 7. The molecule has 0 aliphatic carbocycles. The van der Waals surface area contributed by atoms with Gasteiger partial charge in [0.2, 0.25) is 5.91 Å². The van der Waals surface area contributed by atoms with Crippen molar-refractivity contribution in [2.24, 2.45) is 0 Å². The third-order valence-electron chi connectivity index (χ3n) is 4.32. The summed E-state index contributed by atoms with van der Waals surface area (Å²) in [6.45, 7) is 2.74. The number of carbonyl (C=O) groups excluding carboxylic acids is 1. The van der Waals surface area contributed by atoms with Crippen LogP contribution in [0, 0.1) is 6.92 Å².